The second-order valence-corrected chi connectivity index (χ2v) is 10.9. The van der Waals surface area contributed by atoms with Crippen molar-refractivity contribution in [1.29, 1.82) is 5.26 Å². The van der Waals surface area contributed by atoms with Gasteiger partial charge in [0, 0.05) is 0 Å². The van der Waals surface area contributed by atoms with Gasteiger partial charge in [-0.1, -0.05) is 25.0 Å². The second kappa shape index (κ2) is 12.2. The van der Waals surface area contributed by atoms with Gasteiger partial charge in [-0.2, -0.15) is 5.26 Å². The number of hydrogen-bond acceptors (Lipinski definition) is 3. The van der Waals surface area contributed by atoms with Gasteiger partial charge >= 0.3 is 0 Å². The molecule has 0 N–H and O–H groups in total. The lowest BCUT2D eigenvalue weighted by molar-refractivity contribution is 0.304. The van der Waals surface area contributed by atoms with Crippen LogP contribution >= 0.6 is 43.2 Å². The number of halogens is 3. The molecule has 6 heteroatoms. The van der Waals surface area contributed by atoms with Crippen LogP contribution in [-0.2, 0) is 6.42 Å². The summed E-state index contributed by atoms with van der Waals surface area (Å²) in [5, 5.41) is 9.47. The molecule has 3 aromatic rings. The number of rotatable bonds is 10. The predicted octanol–water partition coefficient (Wildman–Crippen LogP) is 8.66. The van der Waals surface area contributed by atoms with Crippen LogP contribution in [0.3, 0.4) is 0 Å². The van der Waals surface area contributed by atoms with E-state index >= 15 is 0 Å². The van der Waals surface area contributed by atoms with E-state index in [0.29, 0.717) is 12.2 Å². The molecule has 0 amide bonds. The van der Waals surface area contributed by atoms with Crippen molar-refractivity contribution in [2.45, 2.75) is 32.1 Å². The average molecular weight is 563 g/mol. The standard InChI is InChI=1S/C25H22Br2FNOS/c26-24-16-20(25(27)31-24)5-3-1-2-4-14-30-23-12-8-19(9-13-23)21(17-29)15-18-6-10-22(28)11-7-18/h6-13,15-16H,1-5,14H2. The van der Waals surface area contributed by atoms with E-state index in [1.807, 2.05) is 24.3 Å². The molecule has 1 aromatic heterocycles. The maximum Gasteiger partial charge on any atom is 0.123 e. The van der Waals surface area contributed by atoms with Crippen LogP contribution in [0.1, 0.15) is 42.4 Å². The molecular formula is C25H22Br2FNOS. The number of allylic oxidation sites excluding steroid dienone is 1. The predicted molar refractivity (Wildman–Crippen MR) is 134 cm³/mol. The number of nitrogens with zero attached hydrogens (tertiary/aromatic N) is 1. The largest absolute Gasteiger partial charge is 0.494 e. The maximum atomic E-state index is 13.0. The third kappa shape index (κ3) is 7.60. The zero-order valence-electron chi connectivity index (χ0n) is 16.9. The van der Waals surface area contributed by atoms with Crippen molar-refractivity contribution in [2.75, 3.05) is 6.61 Å². The molecule has 2 nitrogen and oxygen atoms in total. The lowest BCUT2D eigenvalue weighted by Gasteiger charge is -2.07. The molecular weight excluding hydrogens is 541 g/mol. The first-order chi connectivity index (χ1) is 15.0. The minimum absolute atomic E-state index is 0.291. The van der Waals surface area contributed by atoms with Gasteiger partial charge in [0.2, 0.25) is 0 Å². The molecule has 1 heterocycles. The SMILES string of the molecule is N#CC(=Cc1ccc(F)cc1)c1ccc(OCCCCCCc2cc(Br)sc2Br)cc1. The molecule has 0 saturated heterocycles. The maximum absolute atomic E-state index is 13.0. The summed E-state index contributed by atoms with van der Waals surface area (Å²) < 4.78 is 21.3. The van der Waals surface area contributed by atoms with Gasteiger partial charge < -0.3 is 4.74 Å². The highest BCUT2D eigenvalue weighted by molar-refractivity contribution is 9.12. The van der Waals surface area contributed by atoms with E-state index in [-0.39, 0.29) is 5.82 Å². The van der Waals surface area contributed by atoms with Gasteiger partial charge in [0.15, 0.2) is 0 Å². The van der Waals surface area contributed by atoms with Crippen LogP contribution in [0.2, 0.25) is 0 Å². The Morgan fingerprint density at radius 1 is 1.00 bits per heavy atom. The first kappa shape index (κ1) is 23.7. The number of thiophene rings is 1. The number of hydrogen-bond donors (Lipinski definition) is 0. The summed E-state index contributed by atoms with van der Waals surface area (Å²) in [6.45, 7) is 0.684. The van der Waals surface area contributed by atoms with Crippen molar-refractivity contribution in [3.05, 3.63) is 84.7 Å². The van der Waals surface area contributed by atoms with Crippen LogP contribution in [0.15, 0.2) is 62.2 Å². The zero-order chi connectivity index (χ0) is 22.1. The van der Waals surface area contributed by atoms with Crippen LogP contribution < -0.4 is 4.74 Å². The van der Waals surface area contributed by atoms with Crippen molar-refractivity contribution < 1.29 is 9.13 Å². The highest BCUT2D eigenvalue weighted by atomic mass is 79.9. The number of nitriles is 1. The summed E-state index contributed by atoms with van der Waals surface area (Å²) in [6.07, 6.45) is 7.36. The van der Waals surface area contributed by atoms with E-state index in [2.05, 4.69) is 44.0 Å². The molecule has 0 atom stereocenters. The molecule has 0 bridgehead atoms. The quantitative estimate of drug-likeness (QED) is 0.141. The molecule has 160 valence electrons. The summed E-state index contributed by atoms with van der Waals surface area (Å²) in [7, 11) is 0. The molecule has 0 unspecified atom stereocenters. The molecule has 0 aliphatic rings. The van der Waals surface area contributed by atoms with Crippen molar-refractivity contribution in [2.24, 2.45) is 0 Å². The molecule has 0 fully saturated rings. The van der Waals surface area contributed by atoms with E-state index in [4.69, 9.17) is 4.74 Å². The number of aryl methyl sites for hydroxylation is 1. The summed E-state index contributed by atoms with van der Waals surface area (Å²) in [6, 6.07) is 18.0. The lowest BCUT2D eigenvalue weighted by atomic mass is 10.0. The molecule has 0 saturated carbocycles. The van der Waals surface area contributed by atoms with Crippen LogP contribution in [-0.4, -0.2) is 6.61 Å². The number of unbranched alkanes of at least 4 members (excludes halogenated alkanes) is 3. The smallest absolute Gasteiger partial charge is 0.123 e. The van der Waals surface area contributed by atoms with E-state index in [1.165, 1.54) is 38.1 Å². The van der Waals surface area contributed by atoms with E-state index in [0.717, 1.165) is 36.1 Å². The summed E-state index contributed by atoms with van der Waals surface area (Å²) >= 11 is 8.85. The Morgan fingerprint density at radius 3 is 2.35 bits per heavy atom. The molecule has 31 heavy (non-hydrogen) atoms. The topological polar surface area (TPSA) is 33.0 Å². The normalized spacial score (nSPS) is 11.4. The molecule has 0 spiro atoms. The van der Waals surface area contributed by atoms with Gasteiger partial charge in [-0.3, -0.25) is 0 Å². The molecule has 0 aliphatic carbocycles. The summed E-state index contributed by atoms with van der Waals surface area (Å²) in [4.78, 5) is 0. The van der Waals surface area contributed by atoms with Gasteiger partial charge in [0.05, 0.1) is 25.8 Å². The first-order valence-corrected chi connectivity index (χ1v) is 12.5. The zero-order valence-corrected chi connectivity index (χ0v) is 20.9. The number of ether oxygens (including phenoxy) is 1. The van der Waals surface area contributed by atoms with Crippen LogP contribution in [0.4, 0.5) is 4.39 Å². The Balaban J connectivity index is 1.40. The van der Waals surface area contributed by atoms with Gasteiger partial charge in [-0.05, 0) is 116 Å². The van der Waals surface area contributed by atoms with Crippen molar-refractivity contribution in [3.8, 4) is 11.8 Å². The fraction of sp³-hybridized carbons (Fsp3) is 0.240. The van der Waals surface area contributed by atoms with Crippen LogP contribution in [0.25, 0.3) is 11.6 Å². The molecule has 2 aromatic carbocycles. The van der Waals surface area contributed by atoms with Crippen LogP contribution in [0, 0.1) is 17.1 Å². The van der Waals surface area contributed by atoms with Gasteiger partial charge in [-0.25, -0.2) is 4.39 Å². The lowest BCUT2D eigenvalue weighted by Crippen LogP contribution is -1.97. The minimum Gasteiger partial charge on any atom is -0.494 e. The monoisotopic (exact) mass is 561 g/mol. The van der Waals surface area contributed by atoms with E-state index < -0.39 is 0 Å². The Hall–Kier alpha value is -1.94. The van der Waals surface area contributed by atoms with Gasteiger partial charge in [0.25, 0.3) is 0 Å². The minimum atomic E-state index is -0.291. The van der Waals surface area contributed by atoms with Gasteiger partial charge in [-0.15, -0.1) is 11.3 Å². The van der Waals surface area contributed by atoms with Crippen molar-refractivity contribution >= 4 is 54.8 Å². The van der Waals surface area contributed by atoms with Gasteiger partial charge in [0.1, 0.15) is 11.6 Å². The van der Waals surface area contributed by atoms with Crippen molar-refractivity contribution in [1.82, 2.24) is 0 Å². The Morgan fingerprint density at radius 2 is 1.71 bits per heavy atom. The first-order valence-electron chi connectivity index (χ1n) is 10.1. The third-order valence-electron chi connectivity index (χ3n) is 4.80. The average Bonchev–Trinajstić information content (AvgIpc) is 3.10. The number of benzene rings is 2. The molecule has 3 rings (SSSR count). The molecule has 0 aliphatic heterocycles. The fourth-order valence-corrected chi connectivity index (χ4v) is 6.06. The highest BCUT2D eigenvalue weighted by Gasteiger charge is 2.05. The Labute approximate surface area is 203 Å². The van der Waals surface area contributed by atoms with E-state index in [1.54, 1.807) is 29.5 Å². The summed E-state index contributed by atoms with van der Waals surface area (Å²) in [5.41, 5.74) is 3.50. The van der Waals surface area contributed by atoms with Crippen LogP contribution in [0.5, 0.6) is 5.75 Å². The third-order valence-corrected chi connectivity index (χ3v) is 7.27. The van der Waals surface area contributed by atoms with Crippen molar-refractivity contribution in [3.63, 3.8) is 0 Å². The fourth-order valence-electron chi connectivity index (χ4n) is 3.14. The Kier molecular flexibility index (Phi) is 9.32. The highest BCUT2D eigenvalue weighted by Crippen LogP contribution is 2.32. The second-order valence-electron chi connectivity index (χ2n) is 7.11. The Bertz CT molecular complexity index is 1050. The summed E-state index contributed by atoms with van der Waals surface area (Å²) in [5.74, 6) is 0.510. The molecule has 0 radical (unpaired) electrons. The van der Waals surface area contributed by atoms with E-state index in [9.17, 15) is 9.65 Å².